The standard InChI is InChI=1S/C23H22N2O6/c1-13(26)25-18(15-10-20(28-2)22(30-4)21(11-15)29-3)12-17(24-25)16-9-14-7-5-6-8-19(14)31-23(16)27/h5-11,18H,12H2,1-4H3. The molecule has 2 heterocycles. The lowest BCUT2D eigenvalue weighted by Crippen LogP contribution is -2.24. The van der Waals surface area contributed by atoms with Crippen LogP contribution in [0, 0.1) is 0 Å². The fraction of sp³-hybridized carbons (Fsp3) is 0.261. The molecule has 1 aliphatic heterocycles. The van der Waals surface area contributed by atoms with Crippen molar-refractivity contribution in [2.45, 2.75) is 19.4 Å². The summed E-state index contributed by atoms with van der Waals surface area (Å²) in [5, 5.41) is 6.61. The molecule has 0 aliphatic carbocycles. The fourth-order valence-electron chi connectivity index (χ4n) is 3.78. The molecular weight excluding hydrogens is 400 g/mol. The van der Waals surface area contributed by atoms with Crippen molar-refractivity contribution < 1.29 is 23.4 Å². The van der Waals surface area contributed by atoms with Crippen molar-refractivity contribution >= 4 is 22.6 Å². The van der Waals surface area contributed by atoms with Gasteiger partial charge in [0.2, 0.25) is 11.7 Å². The number of hydrogen-bond acceptors (Lipinski definition) is 7. The number of hydrazone groups is 1. The number of para-hydroxylation sites is 1. The number of carbonyl (C=O) groups is 1. The minimum atomic E-state index is -0.494. The normalized spacial score (nSPS) is 15.7. The summed E-state index contributed by atoms with van der Waals surface area (Å²) < 4.78 is 21.7. The van der Waals surface area contributed by atoms with E-state index < -0.39 is 11.7 Å². The van der Waals surface area contributed by atoms with Gasteiger partial charge in [0.05, 0.1) is 38.6 Å². The molecule has 2 aromatic carbocycles. The van der Waals surface area contributed by atoms with E-state index in [0.717, 1.165) is 10.9 Å². The summed E-state index contributed by atoms with van der Waals surface area (Å²) in [5.41, 5.74) is 1.56. The molecule has 31 heavy (non-hydrogen) atoms. The highest BCUT2D eigenvalue weighted by molar-refractivity contribution is 6.04. The molecule has 1 atom stereocenters. The highest BCUT2D eigenvalue weighted by atomic mass is 16.5. The van der Waals surface area contributed by atoms with E-state index in [4.69, 9.17) is 18.6 Å². The number of amides is 1. The van der Waals surface area contributed by atoms with Crippen LogP contribution >= 0.6 is 0 Å². The average molecular weight is 422 g/mol. The van der Waals surface area contributed by atoms with Crippen LogP contribution in [0.5, 0.6) is 17.2 Å². The Bertz CT molecular complexity index is 1220. The van der Waals surface area contributed by atoms with E-state index in [0.29, 0.717) is 40.5 Å². The first kappa shape index (κ1) is 20.5. The van der Waals surface area contributed by atoms with Crippen LogP contribution < -0.4 is 19.8 Å². The maximum Gasteiger partial charge on any atom is 0.345 e. The molecule has 1 unspecified atom stereocenters. The molecule has 160 valence electrons. The van der Waals surface area contributed by atoms with Gasteiger partial charge >= 0.3 is 5.63 Å². The van der Waals surface area contributed by atoms with Gasteiger partial charge in [0.25, 0.3) is 0 Å². The second-order valence-electron chi connectivity index (χ2n) is 7.07. The summed E-state index contributed by atoms with van der Waals surface area (Å²) in [5.74, 6) is 1.15. The fourth-order valence-corrected chi connectivity index (χ4v) is 3.78. The van der Waals surface area contributed by atoms with Gasteiger partial charge in [0.1, 0.15) is 5.58 Å². The second-order valence-corrected chi connectivity index (χ2v) is 7.07. The van der Waals surface area contributed by atoms with Gasteiger partial charge in [0, 0.05) is 18.7 Å². The first-order chi connectivity index (χ1) is 15.0. The van der Waals surface area contributed by atoms with Crippen LogP contribution in [0.25, 0.3) is 11.0 Å². The molecular formula is C23H22N2O6. The van der Waals surface area contributed by atoms with Gasteiger partial charge in [-0.2, -0.15) is 5.10 Å². The van der Waals surface area contributed by atoms with Crippen LogP contribution in [-0.4, -0.2) is 38.0 Å². The molecule has 0 fully saturated rings. The number of ether oxygens (including phenoxy) is 3. The first-order valence-electron chi connectivity index (χ1n) is 9.67. The number of methoxy groups -OCH3 is 3. The van der Waals surface area contributed by atoms with Crippen LogP contribution in [0.2, 0.25) is 0 Å². The summed E-state index contributed by atoms with van der Waals surface area (Å²) in [7, 11) is 4.58. The zero-order chi connectivity index (χ0) is 22.1. The smallest absolute Gasteiger partial charge is 0.345 e. The van der Waals surface area contributed by atoms with Crippen molar-refractivity contribution in [2.24, 2.45) is 5.10 Å². The predicted molar refractivity (Wildman–Crippen MR) is 115 cm³/mol. The van der Waals surface area contributed by atoms with Gasteiger partial charge in [-0.1, -0.05) is 18.2 Å². The minimum absolute atomic E-state index is 0.251. The van der Waals surface area contributed by atoms with Gasteiger partial charge < -0.3 is 18.6 Å². The summed E-state index contributed by atoms with van der Waals surface area (Å²) in [6.07, 6.45) is 0.335. The molecule has 0 bridgehead atoms. The van der Waals surface area contributed by atoms with Crippen molar-refractivity contribution in [3.63, 3.8) is 0 Å². The monoisotopic (exact) mass is 422 g/mol. The molecule has 0 spiro atoms. The average Bonchev–Trinajstić information content (AvgIpc) is 3.23. The molecule has 1 aliphatic rings. The number of benzene rings is 2. The molecule has 1 aromatic heterocycles. The molecule has 8 nitrogen and oxygen atoms in total. The Morgan fingerprint density at radius 2 is 1.74 bits per heavy atom. The zero-order valence-electron chi connectivity index (χ0n) is 17.7. The molecule has 1 amide bonds. The Morgan fingerprint density at radius 3 is 2.35 bits per heavy atom. The van der Waals surface area contributed by atoms with E-state index >= 15 is 0 Å². The Labute approximate surface area is 178 Å². The number of nitrogens with zero attached hydrogens (tertiary/aromatic N) is 2. The molecule has 0 saturated carbocycles. The van der Waals surface area contributed by atoms with Gasteiger partial charge in [-0.15, -0.1) is 0 Å². The van der Waals surface area contributed by atoms with E-state index in [1.54, 1.807) is 30.3 Å². The molecule has 8 heteroatoms. The number of fused-ring (bicyclic) bond motifs is 1. The Morgan fingerprint density at radius 1 is 1.06 bits per heavy atom. The summed E-state index contributed by atoms with van der Waals surface area (Å²) >= 11 is 0. The summed E-state index contributed by atoms with van der Waals surface area (Å²) in [4.78, 5) is 25.0. The van der Waals surface area contributed by atoms with E-state index in [9.17, 15) is 9.59 Å². The maximum absolute atomic E-state index is 12.6. The second kappa shape index (κ2) is 8.14. The highest BCUT2D eigenvalue weighted by Crippen LogP contribution is 2.43. The first-order valence-corrected chi connectivity index (χ1v) is 9.67. The number of rotatable bonds is 5. The lowest BCUT2D eigenvalue weighted by Gasteiger charge is -2.22. The van der Waals surface area contributed by atoms with E-state index in [2.05, 4.69) is 5.10 Å². The minimum Gasteiger partial charge on any atom is -0.493 e. The summed E-state index contributed by atoms with van der Waals surface area (Å²) in [6, 6.07) is 12.1. The van der Waals surface area contributed by atoms with E-state index in [-0.39, 0.29) is 5.91 Å². The third-order valence-electron chi connectivity index (χ3n) is 5.26. The third kappa shape index (κ3) is 3.61. The molecule has 0 radical (unpaired) electrons. The third-order valence-corrected chi connectivity index (χ3v) is 5.26. The van der Waals surface area contributed by atoms with E-state index in [1.165, 1.54) is 33.3 Å². The van der Waals surface area contributed by atoms with Crippen molar-refractivity contribution in [3.05, 3.63) is 64.0 Å². The molecule has 0 N–H and O–H groups in total. The van der Waals surface area contributed by atoms with Crippen LogP contribution in [0.1, 0.15) is 30.5 Å². The number of carbonyl (C=O) groups excluding carboxylic acids is 1. The molecule has 0 saturated heterocycles. The van der Waals surface area contributed by atoms with Crippen molar-refractivity contribution in [3.8, 4) is 17.2 Å². The van der Waals surface area contributed by atoms with Crippen molar-refractivity contribution in [2.75, 3.05) is 21.3 Å². The lowest BCUT2D eigenvalue weighted by molar-refractivity contribution is -0.130. The molecule has 4 rings (SSSR count). The Hall–Kier alpha value is -3.81. The SMILES string of the molecule is COc1cc(C2CC(c3cc4ccccc4oc3=O)=NN2C(C)=O)cc(OC)c1OC. The highest BCUT2D eigenvalue weighted by Gasteiger charge is 2.34. The summed E-state index contributed by atoms with van der Waals surface area (Å²) in [6.45, 7) is 1.43. The van der Waals surface area contributed by atoms with Crippen LogP contribution in [0.4, 0.5) is 0 Å². The number of hydrogen-bond donors (Lipinski definition) is 0. The van der Waals surface area contributed by atoms with Gasteiger partial charge in [-0.25, -0.2) is 9.80 Å². The quantitative estimate of drug-likeness (QED) is 0.585. The van der Waals surface area contributed by atoms with Gasteiger partial charge in [0.15, 0.2) is 11.5 Å². The van der Waals surface area contributed by atoms with Crippen LogP contribution in [-0.2, 0) is 4.79 Å². The van der Waals surface area contributed by atoms with Gasteiger partial charge in [-0.3, -0.25) is 4.79 Å². The maximum atomic E-state index is 12.6. The largest absolute Gasteiger partial charge is 0.493 e. The van der Waals surface area contributed by atoms with Crippen molar-refractivity contribution in [1.82, 2.24) is 5.01 Å². The van der Waals surface area contributed by atoms with E-state index in [1.807, 2.05) is 12.1 Å². The lowest BCUT2D eigenvalue weighted by atomic mass is 9.98. The van der Waals surface area contributed by atoms with Crippen LogP contribution in [0.3, 0.4) is 0 Å². The van der Waals surface area contributed by atoms with Crippen LogP contribution in [0.15, 0.2) is 56.8 Å². The predicted octanol–water partition coefficient (Wildman–Crippen LogP) is 3.52. The molecule has 3 aromatic rings. The Balaban J connectivity index is 1.79. The zero-order valence-corrected chi connectivity index (χ0v) is 17.7. The van der Waals surface area contributed by atoms with Crippen molar-refractivity contribution in [1.29, 1.82) is 0 Å². The topological polar surface area (TPSA) is 90.6 Å². The van der Waals surface area contributed by atoms with Gasteiger partial charge in [-0.05, 0) is 29.8 Å². The Kier molecular flexibility index (Phi) is 5.37.